The molecule has 1 aliphatic heterocycles. The Balaban J connectivity index is 2.25. The number of β-amino-alcohol motifs (C(OH)–C–C–N with tert-alkyl or cyclic N) is 1. The van der Waals surface area contributed by atoms with Crippen LogP contribution in [0, 0.1) is 16.2 Å². The number of hydrogen-bond donors (Lipinski definition) is 2. The van der Waals surface area contributed by atoms with Crippen LogP contribution in [0.15, 0.2) is 0 Å². The number of hydrogen-bond acceptors (Lipinski definition) is 4. The minimum Gasteiger partial charge on any atom is -0.481 e. The van der Waals surface area contributed by atoms with Crippen molar-refractivity contribution in [1.82, 2.24) is 4.90 Å². The van der Waals surface area contributed by atoms with Crippen LogP contribution in [0.3, 0.4) is 0 Å². The van der Waals surface area contributed by atoms with Gasteiger partial charge in [-0.05, 0) is 50.9 Å². The monoisotopic (exact) mass is 355 g/mol. The molecule has 0 aromatic heterocycles. The Kier molecular flexibility index (Phi) is 4.48. The van der Waals surface area contributed by atoms with Gasteiger partial charge in [-0.1, -0.05) is 27.7 Å². The fourth-order valence-corrected chi connectivity index (χ4v) is 5.14. The lowest BCUT2D eigenvalue weighted by Crippen LogP contribution is -2.74. The van der Waals surface area contributed by atoms with Crippen LogP contribution in [0.2, 0.25) is 0 Å². The standard InChI is InChI=1S/C19H33NO5/c1-15(2,3)25-14(23)20-11-19(24,12-20)18(13(21)22)9-16(4,5)8-17(6,7)10-18/h24H,8-12H2,1-7H3,(H,21,22). The van der Waals surface area contributed by atoms with Gasteiger partial charge < -0.3 is 19.8 Å². The van der Waals surface area contributed by atoms with E-state index in [0.717, 1.165) is 6.42 Å². The van der Waals surface area contributed by atoms with E-state index in [2.05, 4.69) is 27.7 Å². The molecule has 6 heteroatoms. The van der Waals surface area contributed by atoms with Crippen LogP contribution in [0.4, 0.5) is 4.79 Å². The van der Waals surface area contributed by atoms with E-state index in [1.165, 1.54) is 4.90 Å². The fraction of sp³-hybridized carbons (Fsp3) is 0.895. The zero-order chi connectivity index (χ0) is 19.5. The molecule has 0 bridgehead atoms. The maximum absolute atomic E-state index is 12.3. The molecule has 0 spiro atoms. The van der Waals surface area contributed by atoms with Gasteiger partial charge in [-0.3, -0.25) is 4.79 Å². The largest absolute Gasteiger partial charge is 0.481 e. The predicted octanol–water partition coefficient (Wildman–Crippen LogP) is 3.28. The molecule has 1 heterocycles. The molecular formula is C19H33NO5. The normalized spacial score (nSPS) is 26.5. The van der Waals surface area contributed by atoms with Crippen molar-refractivity contribution in [2.24, 2.45) is 16.2 Å². The van der Waals surface area contributed by atoms with Crippen LogP contribution in [-0.4, -0.2) is 51.5 Å². The first-order chi connectivity index (χ1) is 11.0. The maximum atomic E-state index is 12.3. The summed E-state index contributed by atoms with van der Waals surface area (Å²) in [5.74, 6) is -0.973. The molecule has 1 saturated heterocycles. The van der Waals surface area contributed by atoms with Crippen molar-refractivity contribution in [1.29, 1.82) is 0 Å². The fourth-order valence-electron chi connectivity index (χ4n) is 5.14. The average molecular weight is 355 g/mol. The van der Waals surface area contributed by atoms with Crippen molar-refractivity contribution >= 4 is 12.1 Å². The zero-order valence-corrected chi connectivity index (χ0v) is 16.6. The summed E-state index contributed by atoms with van der Waals surface area (Å²) in [6.07, 6.45) is 1.20. The first kappa shape index (κ1) is 20.0. The van der Waals surface area contributed by atoms with Crippen LogP contribution in [0.1, 0.15) is 67.7 Å². The van der Waals surface area contributed by atoms with Crippen molar-refractivity contribution in [3.8, 4) is 0 Å². The van der Waals surface area contributed by atoms with Crippen molar-refractivity contribution in [3.05, 3.63) is 0 Å². The molecular weight excluding hydrogens is 322 g/mol. The molecule has 0 radical (unpaired) electrons. The second-order valence-electron chi connectivity index (χ2n) is 10.6. The Hall–Kier alpha value is -1.30. The lowest BCUT2D eigenvalue weighted by molar-refractivity contribution is -0.222. The van der Waals surface area contributed by atoms with Crippen molar-refractivity contribution in [2.45, 2.75) is 78.9 Å². The van der Waals surface area contributed by atoms with Crippen molar-refractivity contribution in [3.63, 3.8) is 0 Å². The van der Waals surface area contributed by atoms with Gasteiger partial charge in [-0.2, -0.15) is 0 Å². The molecule has 1 saturated carbocycles. The second kappa shape index (κ2) is 5.60. The quantitative estimate of drug-likeness (QED) is 0.794. The zero-order valence-electron chi connectivity index (χ0n) is 16.6. The number of aliphatic carboxylic acids is 1. The number of carbonyl (C=O) groups is 2. The van der Waals surface area contributed by atoms with E-state index in [-0.39, 0.29) is 23.9 Å². The number of carboxylic acid groups (broad SMARTS) is 1. The third kappa shape index (κ3) is 3.78. The molecule has 0 aromatic rings. The van der Waals surface area contributed by atoms with Crippen LogP contribution in [-0.2, 0) is 9.53 Å². The molecule has 2 aliphatic rings. The van der Waals surface area contributed by atoms with Gasteiger partial charge in [0.15, 0.2) is 0 Å². The average Bonchev–Trinajstić information content (AvgIpc) is 2.28. The number of carbonyl (C=O) groups excluding carboxylic acids is 1. The molecule has 1 aliphatic carbocycles. The Bertz CT molecular complexity index is 551. The second-order valence-corrected chi connectivity index (χ2v) is 10.6. The van der Waals surface area contributed by atoms with Gasteiger partial charge in [-0.15, -0.1) is 0 Å². The van der Waals surface area contributed by atoms with Gasteiger partial charge in [0, 0.05) is 0 Å². The molecule has 0 unspecified atom stereocenters. The van der Waals surface area contributed by atoms with E-state index < -0.39 is 28.7 Å². The lowest BCUT2D eigenvalue weighted by Gasteiger charge is -2.60. The Morgan fingerprint density at radius 2 is 1.40 bits per heavy atom. The van der Waals surface area contributed by atoms with Crippen LogP contribution in [0.25, 0.3) is 0 Å². The van der Waals surface area contributed by atoms with Crippen LogP contribution in [0.5, 0.6) is 0 Å². The first-order valence-electron chi connectivity index (χ1n) is 8.95. The molecule has 2 rings (SSSR count). The lowest BCUT2D eigenvalue weighted by atomic mass is 9.49. The summed E-state index contributed by atoms with van der Waals surface area (Å²) >= 11 is 0. The summed E-state index contributed by atoms with van der Waals surface area (Å²) in [4.78, 5) is 25.9. The van der Waals surface area contributed by atoms with Gasteiger partial charge in [0.05, 0.1) is 13.1 Å². The summed E-state index contributed by atoms with van der Waals surface area (Å²) in [6, 6.07) is 0. The third-order valence-electron chi connectivity index (χ3n) is 5.37. The van der Waals surface area contributed by atoms with Gasteiger partial charge in [0.25, 0.3) is 0 Å². The highest BCUT2D eigenvalue weighted by molar-refractivity contribution is 5.79. The summed E-state index contributed by atoms with van der Waals surface area (Å²) < 4.78 is 5.33. The smallest absolute Gasteiger partial charge is 0.410 e. The summed E-state index contributed by atoms with van der Waals surface area (Å²) in [7, 11) is 0. The maximum Gasteiger partial charge on any atom is 0.410 e. The Labute approximate surface area is 150 Å². The number of carboxylic acids is 1. The van der Waals surface area contributed by atoms with E-state index in [4.69, 9.17) is 4.74 Å². The van der Waals surface area contributed by atoms with Crippen molar-refractivity contribution in [2.75, 3.05) is 13.1 Å². The van der Waals surface area contributed by atoms with E-state index >= 15 is 0 Å². The minimum atomic E-state index is -1.43. The highest BCUT2D eigenvalue weighted by Gasteiger charge is 2.67. The minimum absolute atomic E-state index is 0.000370. The number of rotatable bonds is 2. The topological polar surface area (TPSA) is 87.1 Å². The molecule has 2 fully saturated rings. The van der Waals surface area contributed by atoms with Crippen LogP contribution < -0.4 is 0 Å². The predicted molar refractivity (Wildman–Crippen MR) is 94.2 cm³/mol. The van der Waals surface area contributed by atoms with Gasteiger partial charge >= 0.3 is 12.1 Å². The molecule has 144 valence electrons. The van der Waals surface area contributed by atoms with E-state index in [0.29, 0.717) is 12.8 Å². The molecule has 6 nitrogen and oxygen atoms in total. The Morgan fingerprint density at radius 1 is 0.960 bits per heavy atom. The first-order valence-corrected chi connectivity index (χ1v) is 8.95. The molecule has 2 N–H and O–H groups in total. The van der Waals surface area contributed by atoms with Gasteiger partial charge in [0.1, 0.15) is 16.6 Å². The molecule has 0 atom stereocenters. The number of amides is 1. The SMILES string of the molecule is CC1(C)CC(C)(C)CC(C(=O)O)(C2(O)CN(C(=O)OC(C)(C)C)C2)C1. The van der Waals surface area contributed by atoms with Gasteiger partial charge in [-0.25, -0.2) is 4.79 Å². The number of ether oxygens (including phenoxy) is 1. The number of aliphatic hydroxyl groups is 1. The molecule has 25 heavy (non-hydrogen) atoms. The van der Waals surface area contributed by atoms with E-state index in [1.807, 2.05) is 0 Å². The number of nitrogens with zero attached hydrogens (tertiary/aromatic N) is 1. The van der Waals surface area contributed by atoms with Crippen LogP contribution >= 0.6 is 0 Å². The Morgan fingerprint density at radius 3 is 1.76 bits per heavy atom. The highest BCUT2D eigenvalue weighted by Crippen LogP contribution is 2.59. The molecule has 0 aromatic carbocycles. The van der Waals surface area contributed by atoms with E-state index in [1.54, 1.807) is 20.8 Å². The molecule has 1 amide bonds. The van der Waals surface area contributed by atoms with Crippen molar-refractivity contribution < 1.29 is 24.5 Å². The summed E-state index contributed by atoms with van der Waals surface area (Å²) in [5, 5.41) is 21.3. The number of likely N-dealkylation sites (tertiary alicyclic amines) is 1. The highest BCUT2D eigenvalue weighted by atomic mass is 16.6. The van der Waals surface area contributed by atoms with Gasteiger partial charge in [0.2, 0.25) is 0 Å². The summed E-state index contributed by atoms with van der Waals surface area (Å²) in [5.41, 5.74) is -3.68. The summed E-state index contributed by atoms with van der Waals surface area (Å²) in [6.45, 7) is 13.6. The third-order valence-corrected chi connectivity index (χ3v) is 5.37. The van der Waals surface area contributed by atoms with E-state index in [9.17, 15) is 19.8 Å².